The monoisotopic (exact) mass is 303 g/mol. The van der Waals surface area contributed by atoms with Crippen LogP contribution in [0.3, 0.4) is 0 Å². The molecule has 0 saturated carbocycles. The molecule has 90 valence electrons. The van der Waals surface area contributed by atoms with Gasteiger partial charge in [0.25, 0.3) is 0 Å². The van der Waals surface area contributed by atoms with E-state index in [1.54, 1.807) is 6.20 Å². The van der Waals surface area contributed by atoms with Gasteiger partial charge in [-0.1, -0.05) is 6.07 Å². The molecule has 2 aromatic heterocycles. The van der Waals surface area contributed by atoms with E-state index in [9.17, 15) is 0 Å². The summed E-state index contributed by atoms with van der Waals surface area (Å²) in [6.07, 6.45) is 3.25. The number of benzene rings is 1. The van der Waals surface area contributed by atoms with Gasteiger partial charge in [0.05, 0.1) is 23.1 Å². The number of nitrogen functional groups attached to an aromatic ring is 1. The van der Waals surface area contributed by atoms with E-state index in [1.807, 2.05) is 28.9 Å². The summed E-state index contributed by atoms with van der Waals surface area (Å²) in [5, 5.41) is 5.38. The van der Waals surface area contributed by atoms with Crippen molar-refractivity contribution in [2.45, 2.75) is 6.54 Å². The van der Waals surface area contributed by atoms with Crippen molar-refractivity contribution in [3.05, 3.63) is 47.1 Å². The molecule has 0 spiro atoms. The molecule has 5 nitrogen and oxygen atoms in total. The molecule has 2 heterocycles. The van der Waals surface area contributed by atoms with Crippen molar-refractivity contribution in [3.8, 4) is 0 Å². The lowest BCUT2D eigenvalue weighted by Crippen LogP contribution is -2.03. The minimum absolute atomic E-state index is 0.591. The minimum Gasteiger partial charge on any atom is -0.398 e. The van der Waals surface area contributed by atoms with Crippen LogP contribution in [0.2, 0.25) is 0 Å². The Morgan fingerprint density at radius 1 is 1.28 bits per heavy atom. The van der Waals surface area contributed by atoms with Gasteiger partial charge in [-0.05, 0) is 34.1 Å². The second-order valence-electron chi connectivity index (χ2n) is 3.89. The van der Waals surface area contributed by atoms with E-state index >= 15 is 0 Å². The normalized spacial score (nSPS) is 10.9. The number of aromatic nitrogens is 4. The van der Waals surface area contributed by atoms with Crippen molar-refractivity contribution < 1.29 is 0 Å². The van der Waals surface area contributed by atoms with Gasteiger partial charge >= 0.3 is 0 Å². The first-order valence-corrected chi connectivity index (χ1v) is 6.20. The number of nitrogens with zero attached hydrogens (tertiary/aromatic N) is 4. The molecule has 1 aromatic carbocycles. The summed E-state index contributed by atoms with van der Waals surface area (Å²) in [6.45, 7) is 0.591. The van der Waals surface area contributed by atoms with E-state index in [0.29, 0.717) is 12.2 Å². The summed E-state index contributed by atoms with van der Waals surface area (Å²) in [6, 6.07) is 7.64. The number of hydrogen-bond acceptors (Lipinski definition) is 4. The van der Waals surface area contributed by atoms with Crippen LogP contribution in [0.1, 0.15) is 5.69 Å². The highest BCUT2D eigenvalue weighted by Crippen LogP contribution is 2.28. The summed E-state index contributed by atoms with van der Waals surface area (Å²) in [4.78, 5) is 8.09. The average molecular weight is 304 g/mol. The Hall–Kier alpha value is -1.95. The van der Waals surface area contributed by atoms with Gasteiger partial charge in [0.1, 0.15) is 10.9 Å². The maximum Gasteiger partial charge on any atom is 0.138 e. The van der Waals surface area contributed by atoms with Gasteiger partial charge in [0.15, 0.2) is 0 Å². The van der Waals surface area contributed by atoms with Gasteiger partial charge < -0.3 is 5.73 Å². The first-order valence-electron chi connectivity index (χ1n) is 5.41. The zero-order valence-corrected chi connectivity index (χ0v) is 11.0. The van der Waals surface area contributed by atoms with Crippen LogP contribution in [-0.2, 0) is 6.54 Å². The minimum atomic E-state index is 0.591. The summed E-state index contributed by atoms with van der Waals surface area (Å²) < 4.78 is 2.63. The van der Waals surface area contributed by atoms with Crippen molar-refractivity contribution in [2.75, 3.05) is 5.73 Å². The molecule has 0 atom stereocenters. The molecule has 0 bridgehead atoms. The van der Waals surface area contributed by atoms with Crippen molar-refractivity contribution >= 4 is 32.5 Å². The molecule has 0 amide bonds. The highest BCUT2D eigenvalue weighted by atomic mass is 79.9. The molecule has 18 heavy (non-hydrogen) atoms. The lowest BCUT2D eigenvalue weighted by atomic mass is 10.2. The fourth-order valence-electron chi connectivity index (χ4n) is 1.89. The predicted octanol–water partition coefficient (Wildman–Crippen LogP) is 2.22. The van der Waals surface area contributed by atoms with E-state index in [2.05, 4.69) is 31.0 Å². The van der Waals surface area contributed by atoms with E-state index in [1.165, 1.54) is 6.33 Å². The maximum atomic E-state index is 5.95. The van der Waals surface area contributed by atoms with Gasteiger partial charge in [-0.15, -0.1) is 0 Å². The third-order valence-electron chi connectivity index (χ3n) is 2.72. The van der Waals surface area contributed by atoms with Crippen LogP contribution in [0.4, 0.5) is 5.69 Å². The number of anilines is 1. The zero-order chi connectivity index (χ0) is 12.5. The average Bonchev–Trinajstić information content (AvgIpc) is 2.69. The van der Waals surface area contributed by atoms with Crippen molar-refractivity contribution in [1.82, 2.24) is 19.7 Å². The summed E-state index contributed by atoms with van der Waals surface area (Å²) in [5.41, 5.74) is 8.56. The number of rotatable bonds is 2. The molecule has 0 unspecified atom stereocenters. The Morgan fingerprint density at radius 3 is 2.94 bits per heavy atom. The molecule has 0 saturated heterocycles. The fraction of sp³-hybridized carbons (Fsp3) is 0.0833. The molecular formula is C12H10BrN5. The van der Waals surface area contributed by atoms with Crippen LogP contribution in [0.15, 0.2) is 41.4 Å². The highest BCUT2D eigenvalue weighted by Gasteiger charge is 2.11. The summed E-state index contributed by atoms with van der Waals surface area (Å²) in [5.74, 6) is 0. The van der Waals surface area contributed by atoms with Crippen LogP contribution in [0, 0.1) is 0 Å². The lowest BCUT2D eigenvalue weighted by Gasteiger charge is -2.02. The SMILES string of the molecule is Nc1cccc2c1c(Br)nn2Cc1ccncn1. The van der Waals surface area contributed by atoms with Crippen LogP contribution in [-0.4, -0.2) is 19.7 Å². The number of halogens is 1. The van der Waals surface area contributed by atoms with E-state index < -0.39 is 0 Å². The Kier molecular flexibility index (Phi) is 2.71. The Morgan fingerprint density at radius 2 is 2.17 bits per heavy atom. The zero-order valence-electron chi connectivity index (χ0n) is 9.42. The molecule has 0 aliphatic carbocycles. The first kappa shape index (κ1) is 11.2. The molecule has 0 fully saturated rings. The number of hydrogen-bond donors (Lipinski definition) is 1. The van der Waals surface area contributed by atoms with Crippen molar-refractivity contribution in [3.63, 3.8) is 0 Å². The fourth-order valence-corrected chi connectivity index (χ4v) is 2.52. The maximum absolute atomic E-state index is 5.95. The third kappa shape index (κ3) is 1.84. The van der Waals surface area contributed by atoms with E-state index in [4.69, 9.17) is 5.73 Å². The van der Waals surface area contributed by atoms with Crippen LogP contribution < -0.4 is 5.73 Å². The Labute approximate surface area is 112 Å². The lowest BCUT2D eigenvalue weighted by molar-refractivity contribution is 0.689. The molecule has 6 heteroatoms. The molecule has 0 radical (unpaired) electrons. The van der Waals surface area contributed by atoms with E-state index in [0.717, 1.165) is 21.2 Å². The molecule has 2 N–H and O–H groups in total. The smallest absolute Gasteiger partial charge is 0.138 e. The molecular weight excluding hydrogens is 294 g/mol. The van der Waals surface area contributed by atoms with Crippen LogP contribution in [0.25, 0.3) is 10.9 Å². The predicted molar refractivity (Wildman–Crippen MR) is 73.0 cm³/mol. The molecule has 0 aliphatic rings. The van der Waals surface area contributed by atoms with Gasteiger partial charge in [-0.2, -0.15) is 5.10 Å². The van der Waals surface area contributed by atoms with Gasteiger partial charge in [0.2, 0.25) is 0 Å². The standard InChI is InChI=1S/C12H10BrN5/c13-12-11-9(14)2-1-3-10(11)18(17-12)6-8-4-5-15-7-16-8/h1-5,7H,6,14H2. The number of nitrogens with two attached hydrogens (primary N) is 1. The van der Waals surface area contributed by atoms with E-state index in [-0.39, 0.29) is 0 Å². The molecule has 3 aromatic rings. The molecule has 0 aliphatic heterocycles. The van der Waals surface area contributed by atoms with Crippen LogP contribution >= 0.6 is 15.9 Å². The second-order valence-corrected chi connectivity index (χ2v) is 4.64. The van der Waals surface area contributed by atoms with Gasteiger partial charge in [0, 0.05) is 11.9 Å². The quantitative estimate of drug-likeness (QED) is 0.737. The number of fused-ring (bicyclic) bond motifs is 1. The molecule has 3 rings (SSSR count). The van der Waals surface area contributed by atoms with Crippen LogP contribution in [0.5, 0.6) is 0 Å². The van der Waals surface area contributed by atoms with Crippen molar-refractivity contribution in [2.24, 2.45) is 0 Å². The Balaban J connectivity index is 2.11. The first-order chi connectivity index (χ1) is 8.75. The highest BCUT2D eigenvalue weighted by molar-refractivity contribution is 9.10. The largest absolute Gasteiger partial charge is 0.398 e. The summed E-state index contributed by atoms with van der Waals surface area (Å²) in [7, 11) is 0. The second kappa shape index (κ2) is 4.38. The van der Waals surface area contributed by atoms with Gasteiger partial charge in [-0.3, -0.25) is 4.68 Å². The Bertz CT molecular complexity index is 692. The topological polar surface area (TPSA) is 69.6 Å². The third-order valence-corrected chi connectivity index (χ3v) is 3.28. The van der Waals surface area contributed by atoms with Crippen molar-refractivity contribution in [1.29, 1.82) is 0 Å². The summed E-state index contributed by atoms with van der Waals surface area (Å²) >= 11 is 3.44. The van der Waals surface area contributed by atoms with Gasteiger partial charge in [-0.25, -0.2) is 9.97 Å².